The van der Waals surface area contributed by atoms with Crippen LogP contribution in [0, 0.1) is 22.7 Å². The second-order valence-electron chi connectivity index (χ2n) is 3.68. The van der Waals surface area contributed by atoms with Crippen molar-refractivity contribution >= 4 is 11.5 Å². The number of hydrogen-bond donors (Lipinski definition) is 0. The number of aromatic nitrogens is 1. The maximum atomic E-state index is 9.07. The Morgan fingerprint density at radius 3 is 2.50 bits per heavy atom. The van der Waals surface area contributed by atoms with Crippen molar-refractivity contribution in [2.45, 2.75) is 0 Å². The van der Waals surface area contributed by atoms with Crippen LogP contribution in [0.25, 0.3) is 0 Å². The topological polar surface area (TPSA) is 63.7 Å². The lowest BCUT2D eigenvalue weighted by Crippen LogP contribution is -2.12. The molecule has 0 radical (unpaired) electrons. The standard InChI is InChI=1S/C14H10N4/c1-18(13-7-3-2-5-11(13)9-15)14-8-4-6-12(10-16)17-14/h2-8H,1H3. The van der Waals surface area contributed by atoms with Gasteiger partial charge >= 0.3 is 0 Å². The lowest BCUT2D eigenvalue weighted by Gasteiger charge is -2.19. The summed E-state index contributed by atoms with van der Waals surface area (Å²) in [4.78, 5) is 5.99. The summed E-state index contributed by atoms with van der Waals surface area (Å²) in [5.41, 5.74) is 1.69. The van der Waals surface area contributed by atoms with Crippen LogP contribution >= 0.6 is 0 Å². The van der Waals surface area contributed by atoms with Gasteiger partial charge in [-0.15, -0.1) is 0 Å². The van der Waals surface area contributed by atoms with Gasteiger partial charge in [-0.25, -0.2) is 4.98 Å². The van der Waals surface area contributed by atoms with Crippen molar-refractivity contribution in [1.82, 2.24) is 4.98 Å². The highest BCUT2D eigenvalue weighted by Crippen LogP contribution is 2.24. The number of anilines is 2. The van der Waals surface area contributed by atoms with Gasteiger partial charge in [-0.3, -0.25) is 0 Å². The van der Waals surface area contributed by atoms with Gasteiger partial charge in [0.15, 0.2) is 0 Å². The van der Waals surface area contributed by atoms with Crippen molar-refractivity contribution in [3.05, 3.63) is 53.7 Å². The van der Waals surface area contributed by atoms with Gasteiger partial charge in [-0.05, 0) is 24.3 Å². The first-order valence-corrected chi connectivity index (χ1v) is 5.36. The average Bonchev–Trinajstić information content (AvgIpc) is 2.46. The zero-order valence-electron chi connectivity index (χ0n) is 9.83. The molecule has 0 saturated heterocycles. The van der Waals surface area contributed by atoms with Crippen LogP contribution in [-0.2, 0) is 0 Å². The van der Waals surface area contributed by atoms with Crippen LogP contribution in [0.2, 0.25) is 0 Å². The molecule has 18 heavy (non-hydrogen) atoms. The number of rotatable bonds is 2. The van der Waals surface area contributed by atoms with E-state index in [0.29, 0.717) is 17.1 Å². The van der Waals surface area contributed by atoms with E-state index in [4.69, 9.17) is 10.5 Å². The highest BCUT2D eigenvalue weighted by molar-refractivity contribution is 5.66. The third-order valence-electron chi connectivity index (χ3n) is 2.58. The molecule has 0 aliphatic heterocycles. The van der Waals surface area contributed by atoms with Crippen LogP contribution in [0.4, 0.5) is 11.5 Å². The van der Waals surface area contributed by atoms with Gasteiger partial charge < -0.3 is 4.90 Å². The highest BCUT2D eigenvalue weighted by Gasteiger charge is 2.09. The van der Waals surface area contributed by atoms with Crippen molar-refractivity contribution in [2.75, 3.05) is 11.9 Å². The fraction of sp³-hybridized carbons (Fsp3) is 0.0714. The van der Waals surface area contributed by atoms with Crippen molar-refractivity contribution in [3.63, 3.8) is 0 Å². The fourth-order valence-electron chi connectivity index (χ4n) is 1.66. The first-order valence-electron chi connectivity index (χ1n) is 5.36. The van der Waals surface area contributed by atoms with E-state index in [1.54, 1.807) is 29.2 Å². The SMILES string of the molecule is CN(c1cccc(C#N)n1)c1ccccc1C#N. The molecule has 86 valence electrons. The largest absolute Gasteiger partial charge is 0.328 e. The van der Waals surface area contributed by atoms with Crippen molar-refractivity contribution < 1.29 is 0 Å². The molecule has 0 unspecified atom stereocenters. The van der Waals surface area contributed by atoms with E-state index >= 15 is 0 Å². The maximum Gasteiger partial charge on any atom is 0.142 e. The predicted molar refractivity (Wildman–Crippen MR) is 68.2 cm³/mol. The maximum absolute atomic E-state index is 9.07. The zero-order valence-corrected chi connectivity index (χ0v) is 9.83. The quantitative estimate of drug-likeness (QED) is 0.801. The molecule has 2 rings (SSSR count). The molecule has 0 bridgehead atoms. The summed E-state index contributed by atoms with van der Waals surface area (Å²) in [6, 6.07) is 16.6. The molecule has 4 heteroatoms. The molecule has 1 heterocycles. The van der Waals surface area contributed by atoms with Crippen LogP contribution in [0.1, 0.15) is 11.3 Å². The number of nitriles is 2. The first-order chi connectivity index (χ1) is 8.76. The molecule has 0 aliphatic carbocycles. The van der Waals surface area contributed by atoms with Crippen molar-refractivity contribution in [3.8, 4) is 12.1 Å². The molecule has 0 N–H and O–H groups in total. The summed E-state index contributed by atoms with van der Waals surface area (Å²) >= 11 is 0. The van der Waals surface area contributed by atoms with E-state index in [0.717, 1.165) is 5.69 Å². The Labute approximate surface area is 105 Å². The summed E-state index contributed by atoms with van der Waals surface area (Å²) in [5.74, 6) is 0.636. The van der Waals surface area contributed by atoms with E-state index in [1.807, 2.05) is 31.3 Å². The van der Waals surface area contributed by atoms with E-state index in [1.165, 1.54) is 0 Å². The molecule has 4 nitrogen and oxygen atoms in total. The van der Waals surface area contributed by atoms with Gasteiger partial charge in [0.05, 0.1) is 11.3 Å². The molecule has 0 atom stereocenters. The zero-order chi connectivity index (χ0) is 13.0. The Bertz CT molecular complexity index is 649. The molecular weight excluding hydrogens is 224 g/mol. The molecule has 0 fully saturated rings. The summed E-state index contributed by atoms with van der Waals surface area (Å²) < 4.78 is 0. The third-order valence-corrected chi connectivity index (χ3v) is 2.58. The summed E-state index contributed by atoms with van der Waals surface area (Å²) in [6.45, 7) is 0. The molecule has 0 saturated carbocycles. The minimum atomic E-state index is 0.355. The van der Waals surface area contributed by atoms with Gasteiger partial charge in [0.1, 0.15) is 23.7 Å². The number of nitrogens with zero attached hydrogens (tertiary/aromatic N) is 4. The molecule has 2 aromatic rings. The smallest absolute Gasteiger partial charge is 0.142 e. The number of para-hydroxylation sites is 1. The van der Waals surface area contributed by atoms with E-state index in [2.05, 4.69) is 11.1 Å². The Balaban J connectivity index is 2.45. The van der Waals surface area contributed by atoms with Gasteiger partial charge in [-0.2, -0.15) is 10.5 Å². The second-order valence-corrected chi connectivity index (χ2v) is 3.68. The van der Waals surface area contributed by atoms with Crippen LogP contribution in [0.15, 0.2) is 42.5 Å². The lowest BCUT2D eigenvalue weighted by atomic mass is 10.2. The Morgan fingerprint density at radius 2 is 1.78 bits per heavy atom. The molecule has 1 aromatic carbocycles. The average molecular weight is 234 g/mol. The molecule has 0 aliphatic rings. The Hall–Kier alpha value is -2.85. The van der Waals surface area contributed by atoms with Crippen LogP contribution in [-0.4, -0.2) is 12.0 Å². The van der Waals surface area contributed by atoms with Gasteiger partial charge in [0.25, 0.3) is 0 Å². The van der Waals surface area contributed by atoms with Crippen LogP contribution < -0.4 is 4.90 Å². The third kappa shape index (κ3) is 2.14. The monoisotopic (exact) mass is 234 g/mol. The summed E-state index contributed by atoms with van der Waals surface area (Å²) in [5, 5.41) is 17.9. The Kier molecular flexibility index (Phi) is 3.22. The number of benzene rings is 1. The minimum Gasteiger partial charge on any atom is -0.328 e. The highest BCUT2D eigenvalue weighted by atomic mass is 15.2. The summed E-state index contributed by atoms with van der Waals surface area (Å²) in [7, 11) is 1.82. The van der Waals surface area contributed by atoms with Gasteiger partial charge in [0.2, 0.25) is 0 Å². The summed E-state index contributed by atoms with van der Waals surface area (Å²) in [6.07, 6.45) is 0. The van der Waals surface area contributed by atoms with Crippen molar-refractivity contribution in [1.29, 1.82) is 10.5 Å². The van der Waals surface area contributed by atoms with Crippen LogP contribution in [0.5, 0.6) is 0 Å². The second kappa shape index (κ2) is 4.99. The van der Waals surface area contributed by atoms with E-state index < -0.39 is 0 Å². The lowest BCUT2D eigenvalue weighted by molar-refractivity contribution is 1.11. The fourth-order valence-corrected chi connectivity index (χ4v) is 1.66. The first kappa shape index (κ1) is 11.6. The Morgan fingerprint density at radius 1 is 1.00 bits per heavy atom. The number of pyridine rings is 1. The van der Waals surface area contributed by atoms with Gasteiger partial charge in [-0.1, -0.05) is 18.2 Å². The minimum absolute atomic E-state index is 0.355. The predicted octanol–water partition coefficient (Wildman–Crippen LogP) is 2.59. The van der Waals surface area contributed by atoms with Crippen LogP contribution in [0.3, 0.4) is 0 Å². The molecule has 0 spiro atoms. The van der Waals surface area contributed by atoms with E-state index in [-0.39, 0.29) is 0 Å². The number of hydrogen-bond acceptors (Lipinski definition) is 4. The molecule has 0 amide bonds. The van der Waals surface area contributed by atoms with Crippen molar-refractivity contribution in [2.24, 2.45) is 0 Å². The molecule has 1 aromatic heterocycles. The van der Waals surface area contributed by atoms with Gasteiger partial charge in [0, 0.05) is 7.05 Å². The normalized spacial score (nSPS) is 9.28. The van der Waals surface area contributed by atoms with E-state index in [9.17, 15) is 0 Å². The molecular formula is C14H10N4.